The van der Waals surface area contributed by atoms with Gasteiger partial charge in [-0.15, -0.1) is 0 Å². The van der Waals surface area contributed by atoms with Gasteiger partial charge in [-0.3, -0.25) is 4.79 Å². The van der Waals surface area contributed by atoms with Crippen LogP contribution in [0.25, 0.3) is 0 Å². The van der Waals surface area contributed by atoms with Crippen LogP contribution in [0.15, 0.2) is 0 Å². The van der Waals surface area contributed by atoms with Gasteiger partial charge in [-0.25, -0.2) is 0 Å². The molecular formula is C16H25NO5. The van der Waals surface area contributed by atoms with E-state index in [9.17, 15) is 15.0 Å². The number of ether oxygens (including phenoxy) is 2. The van der Waals surface area contributed by atoms with Crippen LogP contribution >= 0.6 is 0 Å². The Morgan fingerprint density at radius 2 is 1.68 bits per heavy atom. The standard InChI is InChI=1S/C16H25NO5/c1-4-5-6-7-8-9-10-11(18)12-13(19)14(21-2)16(22-3)17-15(12)20/h4-10H2,1-3H3,(H2,17,19,20). The van der Waals surface area contributed by atoms with Gasteiger partial charge in [0.15, 0.2) is 11.5 Å². The first-order valence-electron chi connectivity index (χ1n) is 7.63. The van der Waals surface area contributed by atoms with Crippen molar-refractivity contribution in [1.82, 2.24) is 4.98 Å². The van der Waals surface area contributed by atoms with Gasteiger partial charge in [0.05, 0.1) is 14.2 Å². The molecule has 124 valence electrons. The second kappa shape index (κ2) is 9.12. The molecule has 0 saturated heterocycles. The van der Waals surface area contributed by atoms with Crippen molar-refractivity contribution in [3.63, 3.8) is 0 Å². The van der Waals surface area contributed by atoms with Crippen molar-refractivity contribution in [3.05, 3.63) is 5.56 Å². The van der Waals surface area contributed by atoms with E-state index in [1.807, 2.05) is 0 Å². The molecule has 0 unspecified atom stereocenters. The van der Waals surface area contributed by atoms with E-state index in [2.05, 4.69) is 11.9 Å². The number of unbranched alkanes of at least 4 members (excludes halogenated alkanes) is 5. The van der Waals surface area contributed by atoms with Gasteiger partial charge in [0.1, 0.15) is 5.56 Å². The third kappa shape index (κ3) is 4.51. The molecule has 0 aliphatic rings. The minimum absolute atomic E-state index is 0.0494. The van der Waals surface area contributed by atoms with Crippen LogP contribution in [0.1, 0.15) is 62.2 Å². The Balaban J connectivity index is 2.73. The first-order valence-corrected chi connectivity index (χ1v) is 7.63. The number of hydrogen-bond donors (Lipinski definition) is 2. The molecule has 1 aromatic rings. The number of carbonyl (C=O) groups is 1. The third-order valence-electron chi connectivity index (χ3n) is 3.51. The molecule has 0 aromatic carbocycles. The molecule has 2 N–H and O–H groups in total. The Morgan fingerprint density at radius 3 is 2.27 bits per heavy atom. The molecule has 0 aliphatic heterocycles. The molecule has 22 heavy (non-hydrogen) atoms. The van der Waals surface area contributed by atoms with E-state index in [0.29, 0.717) is 0 Å². The maximum Gasteiger partial charge on any atom is 0.264 e. The molecule has 6 heteroatoms. The second-order valence-corrected chi connectivity index (χ2v) is 5.14. The van der Waals surface area contributed by atoms with Crippen molar-refractivity contribution in [3.8, 4) is 23.3 Å². The zero-order valence-electron chi connectivity index (χ0n) is 13.5. The SMILES string of the molecule is CCCCCCCCC(=O)c1c(O)nc(OC)c(OC)c1O. The molecule has 0 fully saturated rings. The fraction of sp³-hybridized carbons (Fsp3) is 0.625. The summed E-state index contributed by atoms with van der Waals surface area (Å²) >= 11 is 0. The van der Waals surface area contributed by atoms with Crippen molar-refractivity contribution >= 4 is 5.78 Å². The van der Waals surface area contributed by atoms with Crippen LogP contribution in [0.5, 0.6) is 23.3 Å². The van der Waals surface area contributed by atoms with E-state index in [0.717, 1.165) is 19.3 Å². The number of aromatic hydroxyl groups is 2. The summed E-state index contributed by atoms with van der Waals surface area (Å²) in [7, 11) is 2.67. The Hall–Kier alpha value is -1.98. The Bertz CT molecular complexity index is 502. The number of Topliss-reactive ketones (excluding diaryl/α,β-unsaturated/α-hetero) is 1. The number of methoxy groups -OCH3 is 2. The second-order valence-electron chi connectivity index (χ2n) is 5.14. The van der Waals surface area contributed by atoms with E-state index in [4.69, 9.17) is 9.47 Å². The number of nitrogens with zero attached hydrogens (tertiary/aromatic N) is 1. The van der Waals surface area contributed by atoms with Crippen molar-refractivity contribution in [1.29, 1.82) is 0 Å². The summed E-state index contributed by atoms with van der Waals surface area (Å²) in [4.78, 5) is 15.9. The molecule has 6 nitrogen and oxygen atoms in total. The Labute approximate surface area is 131 Å². The maximum atomic E-state index is 12.2. The summed E-state index contributed by atoms with van der Waals surface area (Å²) in [5, 5.41) is 19.9. The van der Waals surface area contributed by atoms with Crippen LogP contribution in [-0.4, -0.2) is 35.2 Å². The summed E-state index contributed by atoms with van der Waals surface area (Å²) in [6, 6.07) is 0. The smallest absolute Gasteiger partial charge is 0.264 e. The minimum Gasteiger partial charge on any atom is -0.503 e. The van der Waals surface area contributed by atoms with Crippen LogP contribution in [0, 0.1) is 0 Å². The predicted molar refractivity (Wildman–Crippen MR) is 83.0 cm³/mol. The highest BCUT2D eigenvalue weighted by molar-refractivity contribution is 6.01. The van der Waals surface area contributed by atoms with Crippen LogP contribution in [0.4, 0.5) is 0 Å². The zero-order chi connectivity index (χ0) is 16.5. The Morgan fingerprint density at radius 1 is 1.05 bits per heavy atom. The summed E-state index contributed by atoms with van der Waals surface area (Å²) in [6.07, 6.45) is 6.56. The van der Waals surface area contributed by atoms with Gasteiger partial charge in [0.25, 0.3) is 5.88 Å². The highest BCUT2D eigenvalue weighted by Crippen LogP contribution is 2.41. The molecular weight excluding hydrogens is 286 g/mol. The molecule has 0 bridgehead atoms. The lowest BCUT2D eigenvalue weighted by molar-refractivity contribution is 0.0972. The van der Waals surface area contributed by atoms with Crippen LogP contribution in [-0.2, 0) is 0 Å². The van der Waals surface area contributed by atoms with E-state index >= 15 is 0 Å². The lowest BCUT2D eigenvalue weighted by Gasteiger charge is -2.12. The van der Waals surface area contributed by atoms with Crippen LogP contribution in [0.3, 0.4) is 0 Å². The normalized spacial score (nSPS) is 10.5. The molecule has 0 saturated carbocycles. The monoisotopic (exact) mass is 311 g/mol. The molecule has 0 aliphatic carbocycles. The molecule has 1 rings (SSSR count). The summed E-state index contributed by atoms with van der Waals surface area (Å²) < 4.78 is 9.88. The number of hydrogen-bond acceptors (Lipinski definition) is 6. The van der Waals surface area contributed by atoms with Crippen molar-refractivity contribution < 1.29 is 24.5 Å². The van der Waals surface area contributed by atoms with Gasteiger partial charge in [0.2, 0.25) is 11.6 Å². The first kappa shape index (κ1) is 18.1. The van der Waals surface area contributed by atoms with Crippen LogP contribution in [0.2, 0.25) is 0 Å². The lowest BCUT2D eigenvalue weighted by Crippen LogP contribution is -2.04. The van der Waals surface area contributed by atoms with E-state index in [1.165, 1.54) is 33.5 Å². The number of carbonyl (C=O) groups excluding carboxylic acids is 1. The fourth-order valence-corrected chi connectivity index (χ4v) is 2.29. The highest BCUT2D eigenvalue weighted by atomic mass is 16.5. The highest BCUT2D eigenvalue weighted by Gasteiger charge is 2.25. The molecule has 0 radical (unpaired) electrons. The van der Waals surface area contributed by atoms with E-state index in [-0.39, 0.29) is 29.4 Å². The predicted octanol–water partition coefficient (Wildman–Crippen LogP) is 3.44. The molecule has 0 spiro atoms. The average Bonchev–Trinajstić information content (AvgIpc) is 2.50. The zero-order valence-corrected chi connectivity index (χ0v) is 13.5. The van der Waals surface area contributed by atoms with Crippen molar-refractivity contribution in [2.75, 3.05) is 14.2 Å². The van der Waals surface area contributed by atoms with Gasteiger partial charge in [0, 0.05) is 6.42 Å². The van der Waals surface area contributed by atoms with Gasteiger partial charge >= 0.3 is 0 Å². The van der Waals surface area contributed by atoms with Crippen LogP contribution < -0.4 is 9.47 Å². The minimum atomic E-state index is -0.536. The molecule has 1 aromatic heterocycles. The number of pyridine rings is 1. The average molecular weight is 311 g/mol. The van der Waals surface area contributed by atoms with Gasteiger partial charge < -0.3 is 19.7 Å². The topological polar surface area (TPSA) is 88.9 Å². The van der Waals surface area contributed by atoms with Gasteiger partial charge in [-0.1, -0.05) is 39.0 Å². The van der Waals surface area contributed by atoms with Crippen molar-refractivity contribution in [2.24, 2.45) is 0 Å². The number of rotatable bonds is 10. The third-order valence-corrected chi connectivity index (χ3v) is 3.51. The quantitative estimate of drug-likeness (QED) is 0.508. The van der Waals surface area contributed by atoms with Gasteiger partial charge in [-0.05, 0) is 6.42 Å². The first-order chi connectivity index (χ1) is 10.6. The summed E-state index contributed by atoms with van der Waals surface area (Å²) in [5.74, 6) is -1.42. The molecule has 0 amide bonds. The largest absolute Gasteiger partial charge is 0.503 e. The summed E-state index contributed by atoms with van der Waals surface area (Å²) in [6.45, 7) is 2.15. The number of aromatic nitrogens is 1. The van der Waals surface area contributed by atoms with E-state index in [1.54, 1.807) is 0 Å². The Kier molecular flexibility index (Phi) is 7.49. The van der Waals surface area contributed by atoms with Gasteiger partial charge in [-0.2, -0.15) is 4.98 Å². The molecule has 0 atom stereocenters. The number of ketones is 1. The fourth-order valence-electron chi connectivity index (χ4n) is 2.29. The van der Waals surface area contributed by atoms with E-state index < -0.39 is 11.6 Å². The lowest BCUT2D eigenvalue weighted by atomic mass is 10.0. The summed E-state index contributed by atoms with van der Waals surface area (Å²) in [5.41, 5.74) is -0.203. The maximum absolute atomic E-state index is 12.2. The molecule has 1 heterocycles. The van der Waals surface area contributed by atoms with Crippen molar-refractivity contribution in [2.45, 2.75) is 51.9 Å².